The number of hydrazone groups is 1. The summed E-state index contributed by atoms with van der Waals surface area (Å²) < 4.78 is 0. The van der Waals surface area contributed by atoms with Crippen LogP contribution in [0.25, 0.3) is 0 Å². The van der Waals surface area contributed by atoms with Crippen molar-refractivity contribution in [2.24, 2.45) is 34.5 Å². The number of hydrogen-bond acceptors (Lipinski definition) is 2. The Morgan fingerprint density at radius 2 is 1.75 bits per heavy atom. The molecule has 0 aromatic heterocycles. The molecule has 0 saturated heterocycles. The van der Waals surface area contributed by atoms with Crippen molar-refractivity contribution in [2.75, 3.05) is 0 Å². The summed E-state index contributed by atoms with van der Waals surface area (Å²) in [7, 11) is 0. The van der Waals surface area contributed by atoms with Crippen molar-refractivity contribution in [3.63, 3.8) is 0 Å². The SMILES string of the molecule is NC(=O)NN=C1CC2CC3CC(C2)CC1C3. The zero-order valence-corrected chi connectivity index (χ0v) is 9.48. The molecule has 4 bridgehead atoms. The van der Waals surface area contributed by atoms with Crippen LogP contribution >= 0.6 is 0 Å². The van der Waals surface area contributed by atoms with Crippen LogP contribution in [0, 0.1) is 23.7 Å². The van der Waals surface area contributed by atoms with Gasteiger partial charge in [0.05, 0.1) is 0 Å². The molecule has 4 rings (SSSR count). The van der Waals surface area contributed by atoms with Gasteiger partial charge in [-0.2, -0.15) is 5.10 Å². The van der Waals surface area contributed by atoms with Crippen LogP contribution in [0.2, 0.25) is 0 Å². The largest absolute Gasteiger partial charge is 0.350 e. The molecular weight excluding hydrogens is 202 g/mol. The highest BCUT2D eigenvalue weighted by atomic mass is 16.2. The Kier molecular flexibility index (Phi) is 2.37. The second kappa shape index (κ2) is 3.75. The van der Waals surface area contributed by atoms with E-state index in [1.807, 2.05) is 0 Å². The molecule has 3 N–H and O–H groups in total. The number of nitrogens with one attached hydrogen (secondary N) is 1. The van der Waals surface area contributed by atoms with Gasteiger partial charge in [0.1, 0.15) is 0 Å². The lowest BCUT2D eigenvalue weighted by molar-refractivity contribution is 0.139. The zero-order chi connectivity index (χ0) is 11.1. The first-order chi connectivity index (χ1) is 7.70. The summed E-state index contributed by atoms with van der Waals surface area (Å²) in [5, 5.41) is 4.23. The van der Waals surface area contributed by atoms with Gasteiger partial charge in [0, 0.05) is 5.71 Å². The van der Waals surface area contributed by atoms with Crippen molar-refractivity contribution in [1.82, 2.24) is 5.43 Å². The maximum atomic E-state index is 10.7. The lowest BCUT2D eigenvalue weighted by Crippen LogP contribution is -2.30. The summed E-state index contributed by atoms with van der Waals surface area (Å²) in [6.07, 6.45) is 7.84. The average molecular weight is 221 g/mol. The van der Waals surface area contributed by atoms with E-state index in [0.29, 0.717) is 5.92 Å². The highest BCUT2D eigenvalue weighted by molar-refractivity contribution is 5.88. The fourth-order valence-corrected chi connectivity index (χ4v) is 4.15. The number of carbonyl (C=O) groups excluding carboxylic acids is 1. The molecule has 0 radical (unpaired) electrons. The Bertz CT molecular complexity index is 325. The van der Waals surface area contributed by atoms with Gasteiger partial charge >= 0.3 is 6.03 Å². The van der Waals surface area contributed by atoms with Crippen LogP contribution < -0.4 is 11.2 Å². The van der Waals surface area contributed by atoms with Crippen LogP contribution in [-0.4, -0.2) is 11.7 Å². The minimum absolute atomic E-state index is 0.545. The summed E-state index contributed by atoms with van der Waals surface area (Å²) >= 11 is 0. The minimum Gasteiger partial charge on any atom is -0.350 e. The van der Waals surface area contributed by atoms with Crippen LogP contribution in [-0.2, 0) is 0 Å². The molecule has 4 nitrogen and oxygen atoms in total. The molecule has 2 unspecified atom stereocenters. The van der Waals surface area contributed by atoms with Gasteiger partial charge in [-0.15, -0.1) is 0 Å². The minimum atomic E-state index is -0.545. The number of urea groups is 1. The number of rotatable bonds is 1. The fourth-order valence-electron chi connectivity index (χ4n) is 4.15. The van der Waals surface area contributed by atoms with Crippen molar-refractivity contribution in [3.05, 3.63) is 0 Å². The van der Waals surface area contributed by atoms with Crippen LogP contribution in [0.3, 0.4) is 0 Å². The summed E-state index contributed by atoms with van der Waals surface area (Å²) in [6, 6.07) is -0.545. The summed E-state index contributed by atoms with van der Waals surface area (Å²) in [6.45, 7) is 0. The van der Waals surface area contributed by atoms with Crippen molar-refractivity contribution in [3.8, 4) is 0 Å². The molecule has 4 aliphatic rings. The molecule has 0 aromatic carbocycles. The first-order valence-corrected chi connectivity index (χ1v) is 6.32. The molecule has 0 aliphatic heterocycles. The Hall–Kier alpha value is -1.06. The van der Waals surface area contributed by atoms with Crippen LogP contribution in [0.1, 0.15) is 38.5 Å². The number of hydrogen-bond donors (Lipinski definition) is 2. The van der Waals surface area contributed by atoms with Gasteiger partial charge < -0.3 is 5.73 Å². The van der Waals surface area contributed by atoms with Crippen molar-refractivity contribution < 1.29 is 4.79 Å². The summed E-state index contributed by atoms with van der Waals surface area (Å²) in [4.78, 5) is 10.7. The van der Waals surface area contributed by atoms with Gasteiger partial charge in [0.25, 0.3) is 0 Å². The van der Waals surface area contributed by atoms with E-state index >= 15 is 0 Å². The third-order valence-electron chi connectivity index (χ3n) is 4.51. The third kappa shape index (κ3) is 1.81. The van der Waals surface area contributed by atoms with Crippen LogP contribution in [0.5, 0.6) is 0 Å². The van der Waals surface area contributed by atoms with Crippen molar-refractivity contribution in [1.29, 1.82) is 0 Å². The molecule has 0 heterocycles. The summed E-state index contributed by atoms with van der Waals surface area (Å²) in [5.41, 5.74) is 8.68. The lowest BCUT2D eigenvalue weighted by atomic mass is 9.68. The van der Waals surface area contributed by atoms with Gasteiger partial charge in [-0.25, -0.2) is 10.2 Å². The number of primary amides is 1. The highest BCUT2D eigenvalue weighted by Gasteiger charge is 2.42. The van der Waals surface area contributed by atoms with Gasteiger partial charge in [-0.05, 0) is 62.2 Å². The van der Waals surface area contributed by atoms with E-state index in [9.17, 15) is 4.79 Å². The Morgan fingerprint density at radius 3 is 2.38 bits per heavy atom. The first-order valence-electron chi connectivity index (χ1n) is 6.32. The molecule has 4 heteroatoms. The quantitative estimate of drug-likeness (QED) is 0.652. The highest BCUT2D eigenvalue weighted by Crippen LogP contribution is 2.50. The van der Waals surface area contributed by atoms with Crippen LogP contribution in [0.15, 0.2) is 5.10 Å². The van der Waals surface area contributed by atoms with E-state index in [1.165, 1.54) is 37.8 Å². The van der Waals surface area contributed by atoms with E-state index in [2.05, 4.69) is 10.5 Å². The number of nitrogens with two attached hydrogens (primary N) is 1. The molecule has 4 fully saturated rings. The van der Waals surface area contributed by atoms with E-state index < -0.39 is 6.03 Å². The van der Waals surface area contributed by atoms with E-state index in [-0.39, 0.29) is 0 Å². The Morgan fingerprint density at radius 1 is 1.12 bits per heavy atom. The Balaban J connectivity index is 1.81. The average Bonchev–Trinajstić information content (AvgIpc) is 2.39. The Labute approximate surface area is 95.7 Å². The second-order valence-corrected chi connectivity index (χ2v) is 5.76. The molecule has 0 spiro atoms. The molecule has 16 heavy (non-hydrogen) atoms. The van der Waals surface area contributed by atoms with E-state index in [0.717, 1.165) is 24.2 Å². The number of nitrogens with zero attached hydrogens (tertiary/aromatic N) is 1. The molecular formula is C12H19N3O. The predicted molar refractivity (Wildman–Crippen MR) is 61.8 cm³/mol. The van der Waals surface area contributed by atoms with Crippen LogP contribution in [0.4, 0.5) is 4.79 Å². The van der Waals surface area contributed by atoms with Crippen molar-refractivity contribution in [2.45, 2.75) is 38.5 Å². The summed E-state index contributed by atoms with van der Waals surface area (Å²) in [5.74, 6) is 3.26. The normalized spacial score (nSPS) is 43.4. The number of fused-ring (bicyclic) bond motifs is 1. The van der Waals surface area contributed by atoms with Gasteiger partial charge in [-0.3, -0.25) is 0 Å². The lowest BCUT2D eigenvalue weighted by Gasteiger charge is -2.37. The first kappa shape index (κ1) is 10.1. The molecule has 2 amide bonds. The third-order valence-corrected chi connectivity index (χ3v) is 4.51. The topological polar surface area (TPSA) is 67.5 Å². The second-order valence-electron chi connectivity index (χ2n) is 5.76. The van der Waals surface area contributed by atoms with Gasteiger partial charge in [0.2, 0.25) is 0 Å². The maximum absolute atomic E-state index is 10.7. The molecule has 88 valence electrons. The maximum Gasteiger partial charge on any atom is 0.332 e. The number of carbonyl (C=O) groups is 1. The molecule has 4 saturated carbocycles. The van der Waals surface area contributed by atoms with Crippen molar-refractivity contribution >= 4 is 11.7 Å². The number of amides is 2. The monoisotopic (exact) mass is 221 g/mol. The predicted octanol–water partition coefficient (Wildman–Crippen LogP) is 1.86. The molecule has 4 aliphatic carbocycles. The fraction of sp³-hybridized carbons (Fsp3) is 0.833. The molecule has 0 aromatic rings. The zero-order valence-electron chi connectivity index (χ0n) is 9.48. The van der Waals surface area contributed by atoms with Gasteiger partial charge in [-0.1, -0.05) is 0 Å². The smallest absolute Gasteiger partial charge is 0.332 e. The van der Waals surface area contributed by atoms with E-state index in [1.54, 1.807) is 0 Å². The van der Waals surface area contributed by atoms with E-state index in [4.69, 9.17) is 5.73 Å². The molecule has 2 atom stereocenters. The van der Waals surface area contributed by atoms with Gasteiger partial charge in [0.15, 0.2) is 0 Å². The standard InChI is InChI=1S/C12H19N3O/c13-12(16)15-14-11-6-9-2-7-1-8(3-9)5-10(11)4-7/h7-10H,1-6H2,(H3,13,15,16).